The molecule has 0 bridgehead atoms. The number of aryl methyl sites for hydroxylation is 4. The van der Waals surface area contributed by atoms with Gasteiger partial charge in [-0.05, 0) is 83.0 Å². The van der Waals surface area contributed by atoms with Crippen molar-refractivity contribution in [3.8, 4) is 0 Å². The number of hydrogen-bond donors (Lipinski definition) is 1. The van der Waals surface area contributed by atoms with Crippen LogP contribution in [0, 0.1) is 27.7 Å². The van der Waals surface area contributed by atoms with E-state index >= 15 is 0 Å². The van der Waals surface area contributed by atoms with Crippen molar-refractivity contribution in [3.05, 3.63) is 58.2 Å². The summed E-state index contributed by atoms with van der Waals surface area (Å²) in [6.45, 7) is 10.6. The van der Waals surface area contributed by atoms with Gasteiger partial charge in [0.2, 0.25) is 0 Å². The van der Waals surface area contributed by atoms with Crippen LogP contribution in [0.5, 0.6) is 0 Å². The number of amides is 1. The van der Waals surface area contributed by atoms with E-state index in [9.17, 15) is 4.79 Å². The number of hydrogen-bond acceptors (Lipinski definition) is 4. The first-order valence-electron chi connectivity index (χ1n) is 10.0. The standard InChI is InChI=1S/C23H28N2O3/c1-14-11-15(2)21-17(4)22(28-20(21)12-14)23(26)24-13-18(25-9-5-6-10-25)19-8-7-16(3)27-19/h7-8,11-12,18H,5-6,9-10,13H2,1-4H3,(H,24,26)/t18-/m1/s1. The molecule has 1 amide bonds. The summed E-state index contributed by atoms with van der Waals surface area (Å²) in [4.78, 5) is 15.3. The fourth-order valence-corrected chi connectivity index (χ4v) is 4.37. The number of benzene rings is 1. The Morgan fingerprint density at radius 1 is 1.11 bits per heavy atom. The average molecular weight is 380 g/mol. The molecule has 5 nitrogen and oxygen atoms in total. The highest BCUT2D eigenvalue weighted by Gasteiger charge is 2.27. The molecule has 1 aliphatic rings. The fourth-order valence-electron chi connectivity index (χ4n) is 4.37. The molecule has 28 heavy (non-hydrogen) atoms. The molecule has 1 aliphatic heterocycles. The molecule has 5 heteroatoms. The molecular weight excluding hydrogens is 352 g/mol. The number of nitrogens with one attached hydrogen (secondary N) is 1. The summed E-state index contributed by atoms with van der Waals surface area (Å²) in [7, 11) is 0. The minimum atomic E-state index is -0.168. The van der Waals surface area contributed by atoms with Crippen molar-refractivity contribution in [3.63, 3.8) is 0 Å². The normalized spacial score (nSPS) is 16.0. The van der Waals surface area contributed by atoms with Crippen molar-refractivity contribution in [2.24, 2.45) is 0 Å². The first-order valence-corrected chi connectivity index (χ1v) is 10.0. The van der Waals surface area contributed by atoms with Crippen LogP contribution in [-0.4, -0.2) is 30.4 Å². The van der Waals surface area contributed by atoms with Crippen LogP contribution in [0.4, 0.5) is 0 Å². The highest BCUT2D eigenvalue weighted by molar-refractivity contribution is 6.00. The maximum atomic E-state index is 12.9. The van der Waals surface area contributed by atoms with E-state index in [0.717, 1.165) is 52.3 Å². The van der Waals surface area contributed by atoms with E-state index in [4.69, 9.17) is 8.83 Å². The third kappa shape index (κ3) is 3.47. The highest BCUT2D eigenvalue weighted by Crippen LogP contribution is 2.30. The van der Waals surface area contributed by atoms with Crippen LogP contribution < -0.4 is 5.32 Å². The molecule has 2 aromatic heterocycles. The smallest absolute Gasteiger partial charge is 0.287 e. The topological polar surface area (TPSA) is 58.6 Å². The summed E-state index contributed by atoms with van der Waals surface area (Å²) < 4.78 is 11.8. The van der Waals surface area contributed by atoms with Gasteiger partial charge >= 0.3 is 0 Å². The molecule has 3 aromatic rings. The van der Waals surface area contributed by atoms with Gasteiger partial charge in [-0.15, -0.1) is 0 Å². The number of carbonyl (C=O) groups excluding carboxylic acids is 1. The maximum Gasteiger partial charge on any atom is 0.287 e. The Bertz CT molecular complexity index is 1010. The molecule has 0 saturated carbocycles. The Labute approximate surface area is 165 Å². The van der Waals surface area contributed by atoms with Crippen molar-refractivity contribution in [1.82, 2.24) is 10.2 Å². The predicted molar refractivity (Wildman–Crippen MR) is 110 cm³/mol. The molecule has 1 aromatic carbocycles. The van der Waals surface area contributed by atoms with Gasteiger partial charge in [-0.3, -0.25) is 9.69 Å². The molecule has 1 N–H and O–H groups in total. The van der Waals surface area contributed by atoms with E-state index < -0.39 is 0 Å². The summed E-state index contributed by atoms with van der Waals surface area (Å²) in [6.07, 6.45) is 2.37. The number of likely N-dealkylation sites (tertiary alicyclic amines) is 1. The van der Waals surface area contributed by atoms with E-state index in [2.05, 4.69) is 23.2 Å². The van der Waals surface area contributed by atoms with Gasteiger partial charge in [0, 0.05) is 17.5 Å². The quantitative estimate of drug-likeness (QED) is 0.689. The lowest BCUT2D eigenvalue weighted by molar-refractivity contribution is 0.0907. The van der Waals surface area contributed by atoms with E-state index in [1.165, 1.54) is 12.8 Å². The van der Waals surface area contributed by atoms with Gasteiger partial charge in [0.1, 0.15) is 17.1 Å². The van der Waals surface area contributed by atoms with Gasteiger partial charge in [-0.1, -0.05) is 6.07 Å². The molecule has 0 unspecified atom stereocenters. The molecule has 3 heterocycles. The molecule has 148 valence electrons. The number of nitrogens with zero attached hydrogens (tertiary/aromatic N) is 1. The SMILES string of the molecule is Cc1cc(C)c2c(C)c(C(=O)NC[C@H](c3ccc(C)o3)N3CCCC3)oc2c1. The molecule has 0 spiro atoms. The summed E-state index contributed by atoms with van der Waals surface area (Å²) in [6, 6.07) is 8.16. The van der Waals surface area contributed by atoms with Gasteiger partial charge in [0.25, 0.3) is 5.91 Å². The predicted octanol–water partition coefficient (Wildman–Crippen LogP) is 4.83. The lowest BCUT2D eigenvalue weighted by Gasteiger charge is -2.25. The molecule has 1 saturated heterocycles. The van der Waals surface area contributed by atoms with E-state index in [0.29, 0.717) is 12.3 Å². The minimum Gasteiger partial charge on any atom is -0.465 e. The first kappa shape index (κ1) is 18.8. The van der Waals surface area contributed by atoms with Crippen LogP contribution in [-0.2, 0) is 0 Å². The zero-order valence-corrected chi connectivity index (χ0v) is 17.1. The van der Waals surface area contributed by atoms with Crippen molar-refractivity contribution in [2.75, 3.05) is 19.6 Å². The molecular formula is C23H28N2O3. The third-order valence-corrected chi connectivity index (χ3v) is 5.70. The summed E-state index contributed by atoms with van der Waals surface area (Å²) in [5.41, 5.74) is 3.94. The van der Waals surface area contributed by atoms with Crippen LogP contribution in [0.25, 0.3) is 11.0 Å². The monoisotopic (exact) mass is 380 g/mol. The van der Waals surface area contributed by atoms with Crippen molar-refractivity contribution >= 4 is 16.9 Å². The molecule has 0 radical (unpaired) electrons. The van der Waals surface area contributed by atoms with Crippen LogP contribution in [0.2, 0.25) is 0 Å². The van der Waals surface area contributed by atoms with Crippen LogP contribution in [0.15, 0.2) is 33.1 Å². The average Bonchev–Trinajstić information content (AvgIpc) is 3.36. The Kier molecular flexibility index (Phi) is 5.02. The number of carbonyl (C=O) groups is 1. The Morgan fingerprint density at radius 3 is 2.54 bits per heavy atom. The number of fused-ring (bicyclic) bond motifs is 1. The Morgan fingerprint density at radius 2 is 1.86 bits per heavy atom. The summed E-state index contributed by atoms with van der Waals surface area (Å²) >= 11 is 0. The van der Waals surface area contributed by atoms with Gasteiger partial charge in [0.15, 0.2) is 5.76 Å². The van der Waals surface area contributed by atoms with E-state index in [1.54, 1.807) is 0 Å². The first-order chi connectivity index (χ1) is 13.4. The third-order valence-electron chi connectivity index (χ3n) is 5.70. The lowest BCUT2D eigenvalue weighted by atomic mass is 10.0. The molecule has 1 atom stereocenters. The number of furan rings is 2. The van der Waals surface area contributed by atoms with Crippen LogP contribution >= 0.6 is 0 Å². The highest BCUT2D eigenvalue weighted by atomic mass is 16.3. The maximum absolute atomic E-state index is 12.9. The van der Waals surface area contributed by atoms with Gasteiger partial charge in [0.05, 0.1) is 6.04 Å². The van der Waals surface area contributed by atoms with Crippen molar-refractivity contribution in [2.45, 2.75) is 46.6 Å². The Hall–Kier alpha value is -2.53. The Balaban J connectivity index is 1.56. The van der Waals surface area contributed by atoms with Crippen molar-refractivity contribution in [1.29, 1.82) is 0 Å². The van der Waals surface area contributed by atoms with E-state index in [1.807, 2.05) is 39.0 Å². The van der Waals surface area contributed by atoms with Gasteiger partial charge in [-0.2, -0.15) is 0 Å². The second-order valence-corrected chi connectivity index (χ2v) is 7.93. The molecule has 1 fully saturated rings. The van der Waals surface area contributed by atoms with Gasteiger partial charge in [-0.25, -0.2) is 0 Å². The van der Waals surface area contributed by atoms with E-state index in [-0.39, 0.29) is 11.9 Å². The molecule has 4 rings (SSSR count). The summed E-state index contributed by atoms with van der Waals surface area (Å²) in [5.74, 6) is 2.04. The van der Waals surface area contributed by atoms with Crippen molar-refractivity contribution < 1.29 is 13.6 Å². The minimum absolute atomic E-state index is 0.0498. The number of rotatable bonds is 5. The lowest BCUT2D eigenvalue weighted by Crippen LogP contribution is -2.36. The largest absolute Gasteiger partial charge is 0.465 e. The second kappa shape index (κ2) is 7.47. The zero-order chi connectivity index (χ0) is 19.8. The van der Waals surface area contributed by atoms with Gasteiger partial charge < -0.3 is 14.2 Å². The fraction of sp³-hybridized carbons (Fsp3) is 0.435. The summed E-state index contributed by atoms with van der Waals surface area (Å²) in [5, 5.41) is 4.12. The van der Waals surface area contributed by atoms with Crippen LogP contribution in [0.1, 0.15) is 57.6 Å². The zero-order valence-electron chi connectivity index (χ0n) is 17.1. The van der Waals surface area contributed by atoms with Crippen LogP contribution in [0.3, 0.4) is 0 Å². The second-order valence-electron chi connectivity index (χ2n) is 7.93. The molecule has 0 aliphatic carbocycles.